The number of nitrogens with zero attached hydrogens (tertiary/aromatic N) is 3. The second-order valence-corrected chi connectivity index (χ2v) is 9.05. The fraction of sp³-hybridized carbons (Fsp3) is 0.684. The minimum Gasteiger partial charge on any atom is -0.354 e. The molecule has 0 aromatic carbocycles. The zero-order valence-electron chi connectivity index (χ0n) is 15.8. The van der Waals surface area contributed by atoms with Crippen molar-refractivity contribution in [1.82, 2.24) is 20.1 Å². The van der Waals surface area contributed by atoms with Crippen LogP contribution < -0.4 is 5.32 Å². The van der Waals surface area contributed by atoms with Crippen molar-refractivity contribution >= 4 is 29.1 Å². The van der Waals surface area contributed by atoms with Crippen molar-refractivity contribution in [3.8, 4) is 0 Å². The number of fused-ring (bicyclic) bond motifs is 4. The average molecular weight is 391 g/mol. The molecular formula is C19H26N4O3S. The molecule has 4 heterocycles. The number of aromatic nitrogens is 1. The average Bonchev–Trinajstić information content (AvgIpc) is 3.07. The number of rotatable bonds is 3. The molecule has 0 spiro atoms. The topological polar surface area (TPSA) is 82.6 Å². The summed E-state index contributed by atoms with van der Waals surface area (Å²) >= 11 is 1.49. The zero-order chi connectivity index (χ0) is 19.1. The van der Waals surface area contributed by atoms with Crippen molar-refractivity contribution in [2.45, 2.75) is 51.6 Å². The van der Waals surface area contributed by atoms with Gasteiger partial charge in [-0.05, 0) is 38.0 Å². The van der Waals surface area contributed by atoms with E-state index in [0.29, 0.717) is 37.7 Å². The molecule has 7 nitrogen and oxygen atoms in total. The van der Waals surface area contributed by atoms with Crippen LogP contribution in [0.25, 0.3) is 0 Å². The Balaban J connectivity index is 1.58. The molecule has 146 valence electrons. The van der Waals surface area contributed by atoms with E-state index in [9.17, 15) is 14.4 Å². The van der Waals surface area contributed by atoms with Crippen LogP contribution in [0.4, 0.5) is 0 Å². The van der Waals surface area contributed by atoms with Crippen LogP contribution in [0.1, 0.15) is 48.1 Å². The third-order valence-electron chi connectivity index (χ3n) is 6.18. The van der Waals surface area contributed by atoms with Crippen LogP contribution in [0.3, 0.4) is 0 Å². The van der Waals surface area contributed by atoms with Gasteiger partial charge in [-0.2, -0.15) is 0 Å². The van der Waals surface area contributed by atoms with E-state index in [0.717, 1.165) is 24.3 Å². The zero-order valence-corrected chi connectivity index (χ0v) is 16.6. The van der Waals surface area contributed by atoms with Crippen LogP contribution in [0.2, 0.25) is 0 Å². The van der Waals surface area contributed by atoms with E-state index in [4.69, 9.17) is 0 Å². The minimum absolute atomic E-state index is 0.0112. The summed E-state index contributed by atoms with van der Waals surface area (Å²) in [6.45, 7) is 5.18. The molecule has 27 heavy (non-hydrogen) atoms. The van der Waals surface area contributed by atoms with Crippen molar-refractivity contribution < 1.29 is 14.4 Å². The van der Waals surface area contributed by atoms with E-state index in [1.54, 1.807) is 0 Å². The molecule has 1 aromatic heterocycles. The predicted molar refractivity (Wildman–Crippen MR) is 101 cm³/mol. The maximum absolute atomic E-state index is 13.0. The van der Waals surface area contributed by atoms with Gasteiger partial charge in [0.25, 0.3) is 5.91 Å². The summed E-state index contributed by atoms with van der Waals surface area (Å²) in [7, 11) is 0. The first-order chi connectivity index (χ1) is 12.9. The molecule has 0 saturated carbocycles. The summed E-state index contributed by atoms with van der Waals surface area (Å²) in [5.41, 5.74) is 0.521. The second-order valence-electron chi connectivity index (χ2n) is 7.98. The van der Waals surface area contributed by atoms with Gasteiger partial charge in [-0.1, -0.05) is 0 Å². The molecule has 4 rings (SSSR count). The number of aryl methyl sites for hydroxylation is 1. The van der Waals surface area contributed by atoms with Gasteiger partial charge in [0, 0.05) is 44.4 Å². The maximum atomic E-state index is 13.0. The number of hydrogen-bond donors (Lipinski definition) is 1. The predicted octanol–water partition coefficient (Wildman–Crippen LogP) is 1.43. The van der Waals surface area contributed by atoms with Crippen molar-refractivity contribution in [1.29, 1.82) is 0 Å². The lowest BCUT2D eigenvalue weighted by Gasteiger charge is -2.56. The highest BCUT2D eigenvalue weighted by atomic mass is 32.1. The van der Waals surface area contributed by atoms with Crippen LogP contribution in [0.15, 0.2) is 5.38 Å². The van der Waals surface area contributed by atoms with Gasteiger partial charge >= 0.3 is 0 Å². The number of piperidine rings is 3. The van der Waals surface area contributed by atoms with Crippen LogP contribution in [-0.2, 0) is 9.59 Å². The van der Waals surface area contributed by atoms with Crippen molar-refractivity contribution in [3.63, 3.8) is 0 Å². The first-order valence-electron chi connectivity index (χ1n) is 9.71. The molecule has 1 aromatic rings. The number of carbonyl (C=O) groups is 3. The van der Waals surface area contributed by atoms with E-state index >= 15 is 0 Å². The Hall–Kier alpha value is -1.96. The van der Waals surface area contributed by atoms with Gasteiger partial charge in [0.2, 0.25) is 11.8 Å². The van der Waals surface area contributed by atoms with E-state index in [1.165, 1.54) is 18.3 Å². The standard InChI is InChI=1S/C19H26N4O3S/c1-11(24)20-7-17-14-6-13(16-4-3-5-18(25)23(16)17)8-22(9-14)19(26)15-10-27-12(2)21-15/h10,13-14,16-17H,3-9H2,1-2H3,(H,20,24)/t13-,14+,16+,17+/m1/s1. The Labute approximate surface area is 163 Å². The first-order valence-corrected chi connectivity index (χ1v) is 10.6. The number of thiazole rings is 1. The normalized spacial score (nSPS) is 30.1. The largest absolute Gasteiger partial charge is 0.354 e. The van der Waals surface area contributed by atoms with Gasteiger partial charge in [-0.15, -0.1) is 11.3 Å². The Bertz CT molecular complexity index is 764. The highest BCUT2D eigenvalue weighted by Crippen LogP contribution is 2.41. The quantitative estimate of drug-likeness (QED) is 0.846. The number of amides is 3. The van der Waals surface area contributed by atoms with Gasteiger partial charge in [0.1, 0.15) is 5.69 Å². The van der Waals surface area contributed by atoms with Gasteiger partial charge in [0.15, 0.2) is 0 Å². The monoisotopic (exact) mass is 390 g/mol. The van der Waals surface area contributed by atoms with Gasteiger partial charge in [-0.25, -0.2) is 4.98 Å². The Morgan fingerprint density at radius 1 is 1.33 bits per heavy atom. The van der Waals surface area contributed by atoms with Crippen molar-refractivity contribution in [3.05, 3.63) is 16.1 Å². The minimum atomic E-state index is -0.0835. The molecule has 3 aliphatic rings. The summed E-state index contributed by atoms with van der Waals surface area (Å²) in [6.07, 6.45) is 3.50. The summed E-state index contributed by atoms with van der Waals surface area (Å²) in [5, 5.41) is 5.62. The van der Waals surface area contributed by atoms with Crippen molar-refractivity contribution in [2.24, 2.45) is 11.8 Å². The molecule has 8 heteroatoms. The van der Waals surface area contributed by atoms with Gasteiger partial charge < -0.3 is 15.1 Å². The molecule has 3 amide bonds. The first kappa shape index (κ1) is 18.4. The number of nitrogens with one attached hydrogen (secondary N) is 1. The van der Waals surface area contributed by atoms with E-state index in [1.807, 2.05) is 22.1 Å². The van der Waals surface area contributed by atoms with E-state index in [2.05, 4.69) is 10.3 Å². The van der Waals surface area contributed by atoms with Gasteiger partial charge in [-0.3, -0.25) is 14.4 Å². The van der Waals surface area contributed by atoms with Crippen LogP contribution in [0, 0.1) is 18.8 Å². The lowest BCUT2D eigenvalue weighted by atomic mass is 9.72. The van der Waals surface area contributed by atoms with Crippen LogP contribution >= 0.6 is 11.3 Å². The molecule has 3 saturated heterocycles. The van der Waals surface area contributed by atoms with E-state index < -0.39 is 0 Å². The molecule has 0 unspecified atom stereocenters. The number of carbonyl (C=O) groups excluding carboxylic acids is 3. The Kier molecular flexibility index (Phi) is 4.92. The summed E-state index contributed by atoms with van der Waals surface area (Å²) < 4.78 is 0. The highest BCUT2D eigenvalue weighted by molar-refractivity contribution is 7.09. The molecule has 3 fully saturated rings. The summed E-state index contributed by atoms with van der Waals surface area (Å²) in [4.78, 5) is 45.4. The molecule has 1 N–H and O–H groups in total. The second kappa shape index (κ2) is 7.22. The highest BCUT2D eigenvalue weighted by Gasteiger charge is 2.50. The smallest absolute Gasteiger partial charge is 0.273 e. The number of likely N-dealkylation sites (tertiary alicyclic amines) is 1. The molecule has 0 radical (unpaired) electrons. The molecule has 2 bridgehead atoms. The summed E-state index contributed by atoms with van der Waals surface area (Å²) in [6, 6.07) is 0.143. The van der Waals surface area contributed by atoms with Crippen LogP contribution in [0.5, 0.6) is 0 Å². The van der Waals surface area contributed by atoms with Crippen molar-refractivity contribution in [2.75, 3.05) is 19.6 Å². The maximum Gasteiger partial charge on any atom is 0.273 e. The Morgan fingerprint density at radius 3 is 2.81 bits per heavy atom. The Morgan fingerprint density at radius 2 is 2.11 bits per heavy atom. The summed E-state index contributed by atoms with van der Waals surface area (Å²) in [5.74, 6) is 0.608. The molecule has 4 atom stereocenters. The lowest BCUT2D eigenvalue weighted by molar-refractivity contribution is -0.151. The number of hydrogen-bond acceptors (Lipinski definition) is 5. The van der Waals surface area contributed by atoms with Gasteiger partial charge in [0.05, 0.1) is 11.0 Å². The molecule has 3 aliphatic heterocycles. The fourth-order valence-corrected chi connectivity index (χ4v) is 5.66. The molecule has 0 aliphatic carbocycles. The lowest BCUT2D eigenvalue weighted by Crippen LogP contribution is -2.67. The van der Waals surface area contributed by atoms with Crippen LogP contribution in [-0.4, -0.2) is 64.2 Å². The SMILES string of the molecule is CC(=O)NC[C@H]1[C@H]2C[C@H](CN(C(=O)c3csc(C)n3)C2)[C@@H]2CCCC(=O)N21. The fourth-order valence-electron chi connectivity index (χ4n) is 5.08. The van der Waals surface area contributed by atoms with E-state index in [-0.39, 0.29) is 35.7 Å². The molecular weight excluding hydrogens is 364 g/mol. The third-order valence-corrected chi connectivity index (χ3v) is 6.96. The third kappa shape index (κ3) is 3.47.